The largest absolute Gasteiger partial charge is 0.478 e. The minimum Gasteiger partial charge on any atom is -0.478 e. The molecule has 0 aromatic heterocycles. The molecule has 0 radical (unpaired) electrons. The van der Waals surface area contributed by atoms with Gasteiger partial charge in [-0.1, -0.05) is 34.1 Å². The fourth-order valence-corrected chi connectivity index (χ4v) is 3.83. The number of sulfonamides is 1. The molecule has 2 aromatic rings. The lowest BCUT2D eigenvalue weighted by atomic mass is 10.1. The molecule has 1 aliphatic heterocycles. The quantitative estimate of drug-likeness (QED) is 0.808. The zero-order valence-electron chi connectivity index (χ0n) is 11.9. The summed E-state index contributed by atoms with van der Waals surface area (Å²) in [5.41, 5.74) is -0.179. The molecular weight excluding hydrogens is 400 g/mol. The second-order valence-corrected chi connectivity index (χ2v) is 7.35. The molecule has 0 bridgehead atoms. The molecule has 0 saturated heterocycles. The van der Waals surface area contributed by atoms with E-state index in [0.717, 1.165) is 0 Å². The third kappa shape index (κ3) is 2.83. The van der Waals surface area contributed by atoms with Crippen molar-refractivity contribution in [1.29, 1.82) is 0 Å². The first-order valence-corrected chi connectivity index (χ1v) is 8.81. The van der Waals surface area contributed by atoms with Gasteiger partial charge in [0.2, 0.25) is 0 Å². The van der Waals surface area contributed by atoms with Gasteiger partial charge in [0.25, 0.3) is 15.9 Å². The Kier molecular flexibility index (Phi) is 3.98. The second-order valence-electron chi connectivity index (χ2n) is 4.86. The maximum Gasteiger partial charge on any atom is 0.337 e. The lowest BCUT2D eigenvalue weighted by molar-refractivity contribution is -0.110. The molecule has 1 amide bonds. The topological polar surface area (TPSA) is 113 Å². The predicted molar refractivity (Wildman–Crippen MR) is 89.9 cm³/mol. The number of fused-ring (bicyclic) bond motifs is 1. The summed E-state index contributed by atoms with van der Waals surface area (Å²) in [5, 5.41) is 11.6. The van der Waals surface area contributed by atoms with E-state index in [9.17, 15) is 23.1 Å². The van der Waals surface area contributed by atoms with Crippen LogP contribution in [0.5, 0.6) is 0 Å². The van der Waals surface area contributed by atoms with Crippen LogP contribution in [-0.4, -0.2) is 31.1 Å². The first-order valence-electron chi connectivity index (χ1n) is 6.58. The molecule has 0 saturated carbocycles. The number of carbonyl (C=O) groups excluding carboxylic acids is 1. The SMILES string of the molecule is O=C(Nc1ccc(Br)cc1C(=O)O)C1=NS(=O)(=O)c2ccccc21. The fourth-order valence-electron chi connectivity index (χ4n) is 2.25. The van der Waals surface area contributed by atoms with Gasteiger partial charge in [0.05, 0.1) is 16.1 Å². The average Bonchev–Trinajstić information content (AvgIpc) is 2.81. The van der Waals surface area contributed by atoms with Gasteiger partial charge in [-0.05, 0) is 24.3 Å². The van der Waals surface area contributed by atoms with E-state index in [-0.39, 0.29) is 27.4 Å². The van der Waals surface area contributed by atoms with Crippen LogP contribution in [0.4, 0.5) is 5.69 Å². The Morgan fingerprint density at radius 1 is 1.12 bits per heavy atom. The summed E-state index contributed by atoms with van der Waals surface area (Å²) < 4.78 is 28.0. The molecule has 0 spiro atoms. The number of aromatic carboxylic acids is 1. The van der Waals surface area contributed by atoms with Crippen molar-refractivity contribution >= 4 is 49.2 Å². The van der Waals surface area contributed by atoms with E-state index >= 15 is 0 Å². The summed E-state index contributed by atoms with van der Waals surface area (Å²) in [4.78, 5) is 23.6. The number of amides is 1. The van der Waals surface area contributed by atoms with Crippen LogP contribution in [0.2, 0.25) is 0 Å². The van der Waals surface area contributed by atoms with Crippen LogP contribution in [0.3, 0.4) is 0 Å². The van der Waals surface area contributed by atoms with E-state index in [2.05, 4.69) is 25.6 Å². The number of rotatable bonds is 3. The van der Waals surface area contributed by atoms with Crippen LogP contribution < -0.4 is 5.32 Å². The molecule has 0 unspecified atom stereocenters. The average molecular weight is 409 g/mol. The van der Waals surface area contributed by atoms with Gasteiger partial charge in [-0.25, -0.2) is 4.79 Å². The Hall–Kier alpha value is -2.52. The molecule has 1 aliphatic rings. The van der Waals surface area contributed by atoms with Crippen LogP contribution in [-0.2, 0) is 14.8 Å². The zero-order chi connectivity index (χ0) is 17.5. The first-order chi connectivity index (χ1) is 11.3. The third-order valence-electron chi connectivity index (χ3n) is 3.31. The number of nitrogens with zero attached hydrogens (tertiary/aromatic N) is 1. The Bertz CT molecular complexity index is 1010. The van der Waals surface area contributed by atoms with E-state index in [4.69, 9.17) is 0 Å². The van der Waals surface area contributed by atoms with Crippen molar-refractivity contribution in [2.45, 2.75) is 4.90 Å². The van der Waals surface area contributed by atoms with Crippen molar-refractivity contribution in [1.82, 2.24) is 0 Å². The number of nitrogens with one attached hydrogen (secondary N) is 1. The number of benzene rings is 2. The van der Waals surface area contributed by atoms with Crippen molar-refractivity contribution in [2.75, 3.05) is 5.32 Å². The van der Waals surface area contributed by atoms with Gasteiger partial charge in [-0.3, -0.25) is 4.79 Å². The lowest BCUT2D eigenvalue weighted by Crippen LogP contribution is -2.23. The summed E-state index contributed by atoms with van der Waals surface area (Å²) in [6, 6.07) is 10.2. The smallest absolute Gasteiger partial charge is 0.337 e. The van der Waals surface area contributed by atoms with Gasteiger partial charge < -0.3 is 10.4 Å². The number of carboxylic acids is 1. The number of hydrogen-bond donors (Lipinski definition) is 2. The van der Waals surface area contributed by atoms with Gasteiger partial charge in [0.1, 0.15) is 0 Å². The van der Waals surface area contributed by atoms with Crippen LogP contribution >= 0.6 is 15.9 Å². The van der Waals surface area contributed by atoms with Crippen LogP contribution in [0.25, 0.3) is 0 Å². The number of carbonyl (C=O) groups is 2. The minimum absolute atomic E-state index is 0.0418. The Labute approximate surface area is 145 Å². The van der Waals surface area contributed by atoms with E-state index in [0.29, 0.717) is 4.47 Å². The molecular formula is C15H9BrN2O5S. The van der Waals surface area contributed by atoms with Crippen molar-refractivity contribution in [3.8, 4) is 0 Å². The van der Waals surface area contributed by atoms with Crippen molar-refractivity contribution in [3.05, 3.63) is 58.1 Å². The number of carboxylic acid groups (broad SMARTS) is 1. The van der Waals surface area contributed by atoms with Crippen LogP contribution in [0.1, 0.15) is 15.9 Å². The van der Waals surface area contributed by atoms with Gasteiger partial charge in [0.15, 0.2) is 5.71 Å². The van der Waals surface area contributed by atoms with E-state index < -0.39 is 21.9 Å². The summed E-state index contributed by atoms with van der Waals surface area (Å²) in [6.45, 7) is 0. The van der Waals surface area contributed by atoms with E-state index in [1.165, 1.54) is 30.3 Å². The van der Waals surface area contributed by atoms with Crippen molar-refractivity contribution in [2.24, 2.45) is 4.40 Å². The fraction of sp³-hybridized carbons (Fsp3) is 0. The number of anilines is 1. The van der Waals surface area contributed by atoms with Gasteiger partial charge in [0, 0.05) is 10.0 Å². The second kappa shape index (κ2) is 5.84. The third-order valence-corrected chi connectivity index (χ3v) is 5.13. The number of hydrogen-bond acceptors (Lipinski definition) is 4. The first kappa shape index (κ1) is 16.3. The molecule has 122 valence electrons. The molecule has 7 nitrogen and oxygen atoms in total. The summed E-state index contributed by atoms with van der Waals surface area (Å²) in [7, 11) is -3.92. The van der Waals surface area contributed by atoms with Crippen molar-refractivity contribution < 1.29 is 23.1 Å². The molecule has 24 heavy (non-hydrogen) atoms. The zero-order valence-corrected chi connectivity index (χ0v) is 14.3. The summed E-state index contributed by atoms with van der Waals surface area (Å²) in [6.07, 6.45) is 0. The monoisotopic (exact) mass is 408 g/mol. The molecule has 2 N–H and O–H groups in total. The summed E-state index contributed by atoms with van der Waals surface area (Å²) >= 11 is 3.15. The number of halogens is 1. The minimum atomic E-state index is -3.92. The van der Waals surface area contributed by atoms with Gasteiger partial charge in [-0.15, -0.1) is 0 Å². The molecule has 9 heteroatoms. The highest BCUT2D eigenvalue weighted by Gasteiger charge is 2.32. The standard InChI is InChI=1S/C15H9BrN2O5S/c16-8-5-6-11(10(7-8)15(20)21)17-14(19)13-9-3-1-2-4-12(9)24(22,23)18-13/h1-7H,(H,17,19)(H,20,21). The van der Waals surface area contributed by atoms with Gasteiger partial charge >= 0.3 is 5.97 Å². The molecule has 0 aliphatic carbocycles. The molecule has 3 rings (SSSR count). The maximum absolute atomic E-state index is 12.4. The molecule has 1 heterocycles. The molecule has 2 aromatic carbocycles. The molecule has 0 atom stereocenters. The van der Waals surface area contributed by atoms with E-state index in [1.807, 2.05) is 0 Å². The van der Waals surface area contributed by atoms with Crippen molar-refractivity contribution in [3.63, 3.8) is 0 Å². The normalized spacial score (nSPS) is 14.6. The highest BCUT2D eigenvalue weighted by molar-refractivity contribution is 9.10. The maximum atomic E-state index is 12.4. The van der Waals surface area contributed by atoms with E-state index in [1.54, 1.807) is 12.1 Å². The summed E-state index contributed by atoms with van der Waals surface area (Å²) in [5.74, 6) is -2.03. The Balaban J connectivity index is 2.00. The lowest BCUT2D eigenvalue weighted by Gasteiger charge is -2.09. The Morgan fingerprint density at radius 2 is 1.83 bits per heavy atom. The highest BCUT2D eigenvalue weighted by Crippen LogP contribution is 2.27. The predicted octanol–water partition coefficient (Wildman–Crippen LogP) is 2.28. The van der Waals surface area contributed by atoms with Crippen LogP contribution in [0.15, 0.2) is 56.2 Å². The molecule has 0 fully saturated rings. The van der Waals surface area contributed by atoms with Crippen LogP contribution in [0, 0.1) is 0 Å². The Morgan fingerprint density at radius 3 is 2.54 bits per heavy atom. The van der Waals surface area contributed by atoms with Gasteiger partial charge in [-0.2, -0.15) is 12.8 Å². The highest BCUT2D eigenvalue weighted by atomic mass is 79.9.